The summed E-state index contributed by atoms with van der Waals surface area (Å²) in [5.41, 5.74) is 2.40. The zero-order valence-electron chi connectivity index (χ0n) is 22.1. The number of benzene rings is 2. The molecule has 1 fully saturated rings. The van der Waals surface area contributed by atoms with E-state index in [9.17, 15) is 14.7 Å². The zero-order chi connectivity index (χ0) is 27.8. The molecule has 200 valence electrons. The molecule has 0 unspecified atom stereocenters. The van der Waals surface area contributed by atoms with Crippen LogP contribution in [0.1, 0.15) is 32.3 Å². The number of carbonyl (C=O) groups is 1. The Balaban J connectivity index is 1.78. The second kappa shape index (κ2) is 10.5. The first-order chi connectivity index (χ1) is 18.7. The third-order valence-corrected chi connectivity index (χ3v) is 7.43. The van der Waals surface area contributed by atoms with Crippen LogP contribution in [0.15, 0.2) is 72.0 Å². The number of nitrogens with zero attached hydrogens (tertiary/aromatic N) is 5. The topological polar surface area (TPSA) is 91.6 Å². The van der Waals surface area contributed by atoms with E-state index in [1.807, 2.05) is 36.1 Å². The van der Waals surface area contributed by atoms with Gasteiger partial charge in [0.25, 0.3) is 0 Å². The molecule has 1 N–H and O–H groups in total. The second-order valence-corrected chi connectivity index (χ2v) is 10.4. The Labute approximate surface area is 231 Å². The van der Waals surface area contributed by atoms with E-state index in [0.717, 1.165) is 5.56 Å². The molecule has 0 spiro atoms. The summed E-state index contributed by atoms with van der Waals surface area (Å²) in [6.07, 6.45) is 1.31. The number of fused-ring (bicyclic) bond motifs is 1. The van der Waals surface area contributed by atoms with Crippen molar-refractivity contribution in [1.29, 1.82) is 0 Å². The number of aromatic nitrogens is 3. The molecule has 5 rings (SSSR count). The van der Waals surface area contributed by atoms with E-state index < -0.39 is 5.69 Å². The van der Waals surface area contributed by atoms with Crippen LogP contribution < -0.4 is 10.6 Å². The van der Waals surface area contributed by atoms with E-state index in [1.165, 1.54) is 10.6 Å². The first-order valence-electron chi connectivity index (χ1n) is 12.9. The standard InChI is InChI=1S/C30H30ClN5O3/c1-5-26(38)34-14-15-35(19(4)17-34)28-22-16-23(31)27(21-11-7-9-13-25(21)37)32-29(22)36(30(39)33-28)24-12-8-6-10-20(24)18(2)3/h5-13,16,18-19,37H,1,14-15,17H2,2-4H3/t19-/m0/s1. The summed E-state index contributed by atoms with van der Waals surface area (Å²) in [6.45, 7) is 11.1. The van der Waals surface area contributed by atoms with E-state index in [2.05, 4.69) is 25.4 Å². The van der Waals surface area contributed by atoms with Gasteiger partial charge < -0.3 is 14.9 Å². The Morgan fingerprint density at radius 1 is 1.13 bits per heavy atom. The van der Waals surface area contributed by atoms with E-state index in [0.29, 0.717) is 58.5 Å². The lowest BCUT2D eigenvalue weighted by Gasteiger charge is -2.40. The Morgan fingerprint density at radius 2 is 1.85 bits per heavy atom. The van der Waals surface area contributed by atoms with Gasteiger partial charge in [0.2, 0.25) is 5.91 Å². The summed E-state index contributed by atoms with van der Waals surface area (Å²) in [5, 5.41) is 11.5. The summed E-state index contributed by atoms with van der Waals surface area (Å²) < 4.78 is 1.52. The van der Waals surface area contributed by atoms with Crippen molar-refractivity contribution in [2.75, 3.05) is 24.5 Å². The molecule has 2 aromatic carbocycles. The van der Waals surface area contributed by atoms with Crippen LogP contribution in [-0.2, 0) is 4.79 Å². The van der Waals surface area contributed by atoms with Gasteiger partial charge in [-0.25, -0.2) is 14.3 Å². The van der Waals surface area contributed by atoms with Gasteiger partial charge in [0.05, 0.1) is 21.8 Å². The van der Waals surface area contributed by atoms with Crippen LogP contribution in [0.25, 0.3) is 28.0 Å². The number of carbonyl (C=O) groups excluding carboxylic acids is 1. The largest absolute Gasteiger partial charge is 0.507 e. The van der Waals surface area contributed by atoms with E-state index >= 15 is 0 Å². The minimum absolute atomic E-state index is 0.0358. The lowest BCUT2D eigenvalue weighted by molar-refractivity contribution is -0.126. The number of rotatable bonds is 5. The molecular formula is C30H30ClN5O3. The number of phenols is 1. The van der Waals surface area contributed by atoms with Crippen molar-refractivity contribution in [2.24, 2.45) is 0 Å². The summed E-state index contributed by atoms with van der Waals surface area (Å²) in [5.74, 6) is 0.513. The number of pyridine rings is 1. The lowest BCUT2D eigenvalue weighted by atomic mass is 10.0. The Kier molecular flexibility index (Phi) is 7.14. The fourth-order valence-electron chi connectivity index (χ4n) is 5.19. The number of para-hydroxylation sites is 2. The molecule has 0 bridgehead atoms. The molecule has 1 atom stereocenters. The van der Waals surface area contributed by atoms with E-state index in [4.69, 9.17) is 16.6 Å². The average Bonchev–Trinajstić information content (AvgIpc) is 2.92. The van der Waals surface area contributed by atoms with Gasteiger partial charge in [0.1, 0.15) is 11.6 Å². The van der Waals surface area contributed by atoms with Crippen LogP contribution in [-0.4, -0.2) is 56.1 Å². The summed E-state index contributed by atoms with van der Waals surface area (Å²) >= 11 is 6.79. The monoisotopic (exact) mass is 543 g/mol. The fraction of sp³-hybridized carbons (Fsp3) is 0.267. The number of hydrogen-bond donors (Lipinski definition) is 1. The summed E-state index contributed by atoms with van der Waals surface area (Å²) in [6, 6.07) is 16.2. The van der Waals surface area contributed by atoms with E-state index in [1.54, 1.807) is 35.2 Å². The molecule has 39 heavy (non-hydrogen) atoms. The van der Waals surface area contributed by atoms with Gasteiger partial charge in [0.15, 0.2) is 5.65 Å². The zero-order valence-corrected chi connectivity index (χ0v) is 22.9. The van der Waals surface area contributed by atoms with Crippen LogP contribution in [0.3, 0.4) is 0 Å². The van der Waals surface area contributed by atoms with Gasteiger partial charge in [-0.3, -0.25) is 4.79 Å². The highest BCUT2D eigenvalue weighted by Gasteiger charge is 2.30. The highest BCUT2D eigenvalue weighted by atomic mass is 35.5. The normalized spacial score (nSPS) is 15.7. The van der Waals surface area contributed by atoms with Crippen LogP contribution in [0.4, 0.5) is 5.82 Å². The van der Waals surface area contributed by atoms with Crippen molar-refractivity contribution >= 4 is 34.4 Å². The fourth-order valence-corrected chi connectivity index (χ4v) is 5.44. The number of hydrogen-bond acceptors (Lipinski definition) is 6. The molecule has 2 aromatic heterocycles. The molecule has 0 radical (unpaired) electrons. The minimum Gasteiger partial charge on any atom is -0.507 e. The van der Waals surface area contributed by atoms with Crippen LogP contribution >= 0.6 is 11.6 Å². The van der Waals surface area contributed by atoms with Crippen molar-refractivity contribution < 1.29 is 9.90 Å². The molecular weight excluding hydrogens is 514 g/mol. The minimum atomic E-state index is -0.472. The van der Waals surface area contributed by atoms with Gasteiger partial charge in [-0.1, -0.05) is 62.4 Å². The highest BCUT2D eigenvalue weighted by molar-refractivity contribution is 6.34. The molecule has 9 heteroatoms. The number of anilines is 1. The van der Waals surface area contributed by atoms with Gasteiger partial charge >= 0.3 is 5.69 Å². The Morgan fingerprint density at radius 3 is 2.54 bits per heavy atom. The van der Waals surface area contributed by atoms with Crippen molar-refractivity contribution in [2.45, 2.75) is 32.7 Å². The van der Waals surface area contributed by atoms with Gasteiger partial charge in [-0.05, 0) is 48.7 Å². The number of halogens is 1. The predicted molar refractivity (Wildman–Crippen MR) is 155 cm³/mol. The number of piperazine rings is 1. The van der Waals surface area contributed by atoms with Crippen LogP contribution in [0.2, 0.25) is 5.02 Å². The number of phenolic OH excluding ortho intramolecular Hbond substituents is 1. The summed E-state index contributed by atoms with van der Waals surface area (Å²) in [4.78, 5) is 39.3. The predicted octanol–water partition coefficient (Wildman–Crippen LogP) is 5.15. The molecule has 0 saturated carbocycles. The smallest absolute Gasteiger partial charge is 0.355 e. The molecule has 0 aliphatic carbocycles. The molecule has 8 nitrogen and oxygen atoms in total. The first kappa shape index (κ1) is 26.4. The maximum Gasteiger partial charge on any atom is 0.355 e. The maximum atomic E-state index is 13.8. The van der Waals surface area contributed by atoms with E-state index in [-0.39, 0.29) is 23.6 Å². The Hall–Kier alpha value is -4.17. The lowest BCUT2D eigenvalue weighted by Crippen LogP contribution is -2.54. The average molecular weight is 544 g/mol. The van der Waals surface area contributed by atoms with Crippen LogP contribution in [0, 0.1) is 0 Å². The molecule has 1 amide bonds. The van der Waals surface area contributed by atoms with Crippen LogP contribution in [0.5, 0.6) is 5.75 Å². The number of amides is 1. The number of aromatic hydroxyl groups is 1. The van der Waals surface area contributed by atoms with Gasteiger partial charge in [-0.15, -0.1) is 0 Å². The maximum absolute atomic E-state index is 13.8. The van der Waals surface area contributed by atoms with Crippen molar-refractivity contribution in [3.05, 3.63) is 88.3 Å². The van der Waals surface area contributed by atoms with Gasteiger partial charge in [0, 0.05) is 31.2 Å². The Bertz CT molecular complexity index is 1650. The molecule has 3 heterocycles. The molecule has 1 saturated heterocycles. The molecule has 1 aliphatic rings. The second-order valence-electron chi connectivity index (χ2n) is 10.0. The highest BCUT2D eigenvalue weighted by Crippen LogP contribution is 2.37. The first-order valence-corrected chi connectivity index (χ1v) is 13.3. The third-order valence-electron chi connectivity index (χ3n) is 7.15. The molecule has 1 aliphatic heterocycles. The van der Waals surface area contributed by atoms with Crippen molar-refractivity contribution in [1.82, 2.24) is 19.4 Å². The van der Waals surface area contributed by atoms with Crippen molar-refractivity contribution in [3.63, 3.8) is 0 Å². The third kappa shape index (κ3) is 4.76. The van der Waals surface area contributed by atoms with Crippen molar-refractivity contribution in [3.8, 4) is 22.7 Å². The summed E-state index contributed by atoms with van der Waals surface area (Å²) in [7, 11) is 0. The van der Waals surface area contributed by atoms with Gasteiger partial charge in [-0.2, -0.15) is 4.98 Å². The molecule has 4 aromatic rings. The quantitative estimate of drug-likeness (QED) is 0.350. The SMILES string of the molecule is C=CC(=O)N1CCN(c2nc(=O)n(-c3ccccc3C(C)C)c3nc(-c4ccccc4O)c(Cl)cc23)[C@@H](C)C1.